The summed E-state index contributed by atoms with van der Waals surface area (Å²) in [6, 6.07) is 5.23. The van der Waals surface area contributed by atoms with Crippen LogP contribution in [0.15, 0.2) is 22.7 Å². The second kappa shape index (κ2) is 6.44. The number of hydrogen-bond donors (Lipinski definition) is 0. The zero-order valence-corrected chi connectivity index (χ0v) is 13.6. The summed E-state index contributed by atoms with van der Waals surface area (Å²) < 4.78 is 14.5. The van der Waals surface area contributed by atoms with E-state index in [4.69, 9.17) is 0 Å². The molecular weight excluding hydrogens is 335 g/mol. The molecule has 2 heterocycles. The maximum Gasteiger partial charge on any atom is 0.256 e. The van der Waals surface area contributed by atoms with E-state index in [1.54, 1.807) is 17.0 Å². The Kier molecular flexibility index (Phi) is 4.60. The van der Waals surface area contributed by atoms with Crippen LogP contribution in [0.5, 0.6) is 0 Å². The van der Waals surface area contributed by atoms with Crippen LogP contribution in [0, 0.1) is 5.82 Å². The molecule has 2 fully saturated rings. The third-order valence-corrected chi connectivity index (χ3v) is 5.06. The SMILES string of the molecule is O=C(c1ccc(Br)cc1F)N1CCC(N2CCCC2)CC1. The van der Waals surface area contributed by atoms with Gasteiger partial charge >= 0.3 is 0 Å². The Labute approximate surface area is 133 Å². The molecular formula is C16H20BrFN2O. The van der Waals surface area contributed by atoms with Gasteiger partial charge in [0.2, 0.25) is 0 Å². The van der Waals surface area contributed by atoms with Gasteiger partial charge in [-0.1, -0.05) is 15.9 Å². The number of hydrogen-bond acceptors (Lipinski definition) is 2. The first-order chi connectivity index (χ1) is 10.1. The molecule has 3 rings (SSSR count). The van der Waals surface area contributed by atoms with E-state index in [2.05, 4.69) is 20.8 Å². The summed E-state index contributed by atoms with van der Waals surface area (Å²) in [4.78, 5) is 16.8. The van der Waals surface area contributed by atoms with Crippen LogP contribution in [0.4, 0.5) is 4.39 Å². The molecule has 5 heteroatoms. The molecule has 0 radical (unpaired) electrons. The highest BCUT2D eigenvalue weighted by atomic mass is 79.9. The van der Waals surface area contributed by atoms with Gasteiger partial charge in [0.15, 0.2) is 0 Å². The van der Waals surface area contributed by atoms with Gasteiger partial charge in [-0.3, -0.25) is 4.79 Å². The van der Waals surface area contributed by atoms with E-state index in [0.29, 0.717) is 10.5 Å². The summed E-state index contributed by atoms with van der Waals surface area (Å²) in [5.74, 6) is -0.629. The maximum absolute atomic E-state index is 13.9. The molecule has 0 unspecified atom stereocenters. The van der Waals surface area contributed by atoms with Gasteiger partial charge in [-0.2, -0.15) is 0 Å². The van der Waals surface area contributed by atoms with Crippen molar-refractivity contribution in [2.75, 3.05) is 26.2 Å². The smallest absolute Gasteiger partial charge is 0.256 e. The third-order valence-electron chi connectivity index (χ3n) is 4.57. The normalized spacial score (nSPS) is 21.0. The summed E-state index contributed by atoms with van der Waals surface area (Å²) >= 11 is 3.22. The number of carbonyl (C=O) groups is 1. The van der Waals surface area contributed by atoms with Crippen molar-refractivity contribution < 1.29 is 9.18 Å². The minimum absolute atomic E-state index is 0.179. The topological polar surface area (TPSA) is 23.6 Å². The first-order valence-corrected chi connectivity index (χ1v) is 8.43. The summed E-state index contributed by atoms with van der Waals surface area (Å²) in [6.45, 7) is 3.85. The summed E-state index contributed by atoms with van der Waals surface area (Å²) in [5, 5.41) is 0. The fourth-order valence-corrected chi connectivity index (χ4v) is 3.71. The predicted molar refractivity (Wildman–Crippen MR) is 83.8 cm³/mol. The number of rotatable bonds is 2. The summed E-state index contributed by atoms with van der Waals surface area (Å²) in [7, 11) is 0. The highest BCUT2D eigenvalue weighted by Crippen LogP contribution is 2.23. The summed E-state index contributed by atoms with van der Waals surface area (Å²) in [5.41, 5.74) is 0.179. The second-order valence-electron chi connectivity index (χ2n) is 5.89. The van der Waals surface area contributed by atoms with Gasteiger partial charge in [0.25, 0.3) is 5.91 Å². The van der Waals surface area contributed by atoms with Gasteiger partial charge < -0.3 is 9.80 Å². The van der Waals surface area contributed by atoms with Crippen LogP contribution in [0.3, 0.4) is 0 Å². The fourth-order valence-electron chi connectivity index (χ4n) is 3.37. The number of nitrogens with zero attached hydrogens (tertiary/aromatic N) is 2. The van der Waals surface area contributed by atoms with Crippen LogP contribution < -0.4 is 0 Å². The molecule has 0 atom stereocenters. The number of piperidine rings is 1. The Morgan fingerprint density at radius 1 is 1.14 bits per heavy atom. The van der Waals surface area contributed by atoms with E-state index in [1.165, 1.54) is 32.0 Å². The van der Waals surface area contributed by atoms with E-state index in [-0.39, 0.29) is 11.5 Å². The number of likely N-dealkylation sites (tertiary alicyclic amines) is 2. The van der Waals surface area contributed by atoms with E-state index < -0.39 is 5.82 Å². The molecule has 1 aromatic carbocycles. The largest absolute Gasteiger partial charge is 0.338 e. The van der Waals surface area contributed by atoms with E-state index in [9.17, 15) is 9.18 Å². The lowest BCUT2D eigenvalue weighted by Gasteiger charge is -2.36. The third kappa shape index (κ3) is 3.29. The van der Waals surface area contributed by atoms with Crippen molar-refractivity contribution >= 4 is 21.8 Å². The number of halogens is 2. The van der Waals surface area contributed by atoms with Crippen molar-refractivity contribution in [3.05, 3.63) is 34.1 Å². The highest BCUT2D eigenvalue weighted by Gasteiger charge is 2.29. The minimum atomic E-state index is -0.448. The van der Waals surface area contributed by atoms with Gasteiger partial charge in [-0.25, -0.2) is 4.39 Å². The van der Waals surface area contributed by atoms with Crippen molar-refractivity contribution in [1.82, 2.24) is 9.80 Å². The Balaban J connectivity index is 1.62. The van der Waals surface area contributed by atoms with E-state index in [0.717, 1.165) is 25.9 Å². The molecule has 2 aliphatic heterocycles. The molecule has 2 aliphatic rings. The molecule has 1 amide bonds. The van der Waals surface area contributed by atoms with Crippen molar-refractivity contribution in [2.45, 2.75) is 31.7 Å². The molecule has 114 valence electrons. The van der Waals surface area contributed by atoms with Gasteiger partial charge in [0, 0.05) is 23.6 Å². The van der Waals surface area contributed by atoms with Gasteiger partial charge in [-0.15, -0.1) is 0 Å². The number of benzene rings is 1. The van der Waals surface area contributed by atoms with Crippen LogP contribution in [0.2, 0.25) is 0 Å². The van der Waals surface area contributed by atoms with Gasteiger partial charge in [-0.05, 0) is 57.0 Å². The molecule has 0 saturated carbocycles. The zero-order valence-electron chi connectivity index (χ0n) is 12.0. The molecule has 21 heavy (non-hydrogen) atoms. The predicted octanol–water partition coefficient (Wildman–Crippen LogP) is 3.29. The first kappa shape index (κ1) is 15.0. The Hall–Kier alpha value is -0.940. The number of amides is 1. The second-order valence-corrected chi connectivity index (χ2v) is 6.81. The average Bonchev–Trinajstić information content (AvgIpc) is 3.01. The van der Waals surface area contributed by atoms with E-state index in [1.807, 2.05) is 0 Å². The molecule has 0 bridgehead atoms. The van der Waals surface area contributed by atoms with Crippen molar-refractivity contribution in [1.29, 1.82) is 0 Å². The van der Waals surface area contributed by atoms with Crippen molar-refractivity contribution in [3.8, 4) is 0 Å². The first-order valence-electron chi connectivity index (χ1n) is 7.63. The lowest BCUT2D eigenvalue weighted by Crippen LogP contribution is -2.46. The maximum atomic E-state index is 13.9. The molecule has 0 aliphatic carbocycles. The monoisotopic (exact) mass is 354 g/mol. The van der Waals surface area contributed by atoms with Crippen LogP contribution in [-0.4, -0.2) is 47.9 Å². The quantitative estimate of drug-likeness (QED) is 0.813. The molecule has 0 spiro atoms. The lowest BCUT2D eigenvalue weighted by molar-refractivity contribution is 0.0640. The van der Waals surface area contributed by atoms with Crippen molar-refractivity contribution in [3.63, 3.8) is 0 Å². The van der Waals surface area contributed by atoms with Crippen LogP contribution >= 0.6 is 15.9 Å². The van der Waals surface area contributed by atoms with Crippen LogP contribution in [0.25, 0.3) is 0 Å². The van der Waals surface area contributed by atoms with Crippen molar-refractivity contribution in [2.24, 2.45) is 0 Å². The standard InChI is InChI=1S/C16H20BrFN2O/c17-12-3-4-14(15(18)11-12)16(21)20-9-5-13(6-10-20)19-7-1-2-8-19/h3-4,11,13H,1-2,5-10H2. The Bertz CT molecular complexity index is 523. The highest BCUT2D eigenvalue weighted by molar-refractivity contribution is 9.10. The molecule has 0 N–H and O–H groups in total. The lowest BCUT2D eigenvalue weighted by atomic mass is 10.0. The Morgan fingerprint density at radius 2 is 1.81 bits per heavy atom. The average molecular weight is 355 g/mol. The molecule has 2 saturated heterocycles. The summed E-state index contributed by atoms with van der Waals surface area (Å²) in [6.07, 6.45) is 4.60. The zero-order chi connectivity index (χ0) is 14.8. The minimum Gasteiger partial charge on any atom is -0.338 e. The molecule has 3 nitrogen and oxygen atoms in total. The van der Waals surface area contributed by atoms with Gasteiger partial charge in [0.1, 0.15) is 5.82 Å². The molecule has 0 aromatic heterocycles. The number of carbonyl (C=O) groups excluding carboxylic acids is 1. The van der Waals surface area contributed by atoms with Gasteiger partial charge in [0.05, 0.1) is 5.56 Å². The van der Waals surface area contributed by atoms with Crippen LogP contribution in [0.1, 0.15) is 36.0 Å². The van der Waals surface area contributed by atoms with E-state index >= 15 is 0 Å². The molecule has 1 aromatic rings. The fraction of sp³-hybridized carbons (Fsp3) is 0.562. The Morgan fingerprint density at radius 3 is 2.43 bits per heavy atom. The van der Waals surface area contributed by atoms with Crippen LogP contribution in [-0.2, 0) is 0 Å².